The van der Waals surface area contributed by atoms with E-state index < -0.39 is 35.0 Å². The predicted molar refractivity (Wildman–Crippen MR) is 81.7 cm³/mol. The minimum atomic E-state index is -1.15. The Morgan fingerprint density at radius 2 is 1.71 bits per heavy atom. The number of imide groups is 3. The zero-order valence-electron chi connectivity index (χ0n) is 12.0. The van der Waals surface area contributed by atoms with Crippen LogP contribution in [0.25, 0.3) is 0 Å². The Labute approximate surface area is 140 Å². The fourth-order valence-corrected chi connectivity index (χ4v) is 2.43. The van der Waals surface area contributed by atoms with Gasteiger partial charge >= 0.3 is 6.03 Å². The molecule has 0 aliphatic carbocycles. The highest BCUT2D eigenvalue weighted by Crippen LogP contribution is 2.24. The van der Waals surface area contributed by atoms with Crippen LogP contribution in [-0.2, 0) is 4.79 Å². The Balaban J connectivity index is 1.91. The van der Waals surface area contributed by atoms with Crippen LogP contribution in [0.2, 0.25) is 5.02 Å². The Bertz CT molecular complexity index is 855. The van der Waals surface area contributed by atoms with E-state index in [4.69, 9.17) is 11.6 Å². The van der Waals surface area contributed by atoms with Gasteiger partial charge in [0.1, 0.15) is 18.2 Å². The van der Waals surface area contributed by atoms with Gasteiger partial charge in [-0.2, -0.15) is 4.90 Å². The first-order chi connectivity index (χ1) is 11.4. The van der Waals surface area contributed by atoms with Gasteiger partial charge < -0.3 is 0 Å². The topological polar surface area (TPSA) is 57.7 Å². The second-order valence-corrected chi connectivity index (χ2v) is 5.44. The van der Waals surface area contributed by atoms with Crippen molar-refractivity contribution in [3.8, 4) is 0 Å². The number of benzene rings is 2. The summed E-state index contributed by atoms with van der Waals surface area (Å²) < 4.78 is 26.7. The molecule has 24 heavy (non-hydrogen) atoms. The van der Waals surface area contributed by atoms with Gasteiger partial charge in [-0.05, 0) is 36.4 Å². The average molecular weight is 351 g/mol. The number of carbonyl (C=O) groups excluding carboxylic acids is 3. The number of hydrogen-bond donors (Lipinski definition) is 0. The van der Waals surface area contributed by atoms with E-state index in [1.165, 1.54) is 24.3 Å². The third-order valence-electron chi connectivity index (χ3n) is 3.47. The van der Waals surface area contributed by atoms with Gasteiger partial charge in [0, 0.05) is 16.8 Å². The van der Waals surface area contributed by atoms with Crippen molar-refractivity contribution in [2.24, 2.45) is 0 Å². The van der Waals surface area contributed by atoms with E-state index in [1.807, 2.05) is 0 Å². The molecule has 4 amide bonds. The summed E-state index contributed by atoms with van der Waals surface area (Å²) in [4.78, 5) is 38.1. The molecule has 5 nitrogen and oxygen atoms in total. The minimum Gasteiger partial charge on any atom is -0.284 e. The van der Waals surface area contributed by atoms with Gasteiger partial charge in [-0.3, -0.25) is 14.5 Å². The van der Waals surface area contributed by atoms with Gasteiger partial charge in [0.25, 0.3) is 11.8 Å². The van der Waals surface area contributed by atoms with E-state index in [9.17, 15) is 23.2 Å². The number of amides is 4. The van der Waals surface area contributed by atoms with Crippen LogP contribution in [0.1, 0.15) is 10.4 Å². The molecule has 3 rings (SSSR count). The van der Waals surface area contributed by atoms with Crippen molar-refractivity contribution in [3.63, 3.8) is 0 Å². The van der Waals surface area contributed by atoms with Crippen LogP contribution in [-0.4, -0.2) is 29.3 Å². The molecule has 1 fully saturated rings. The van der Waals surface area contributed by atoms with E-state index in [-0.39, 0.29) is 6.54 Å². The molecule has 0 spiro atoms. The number of nitrogens with zero attached hydrogens (tertiary/aromatic N) is 2. The molecule has 0 saturated carbocycles. The molecule has 0 bridgehead atoms. The molecule has 0 atom stereocenters. The molecule has 0 N–H and O–H groups in total. The quantitative estimate of drug-likeness (QED) is 0.617. The molecule has 1 aliphatic heterocycles. The summed E-state index contributed by atoms with van der Waals surface area (Å²) in [5, 5.41) is 0.443. The molecule has 2 aromatic rings. The van der Waals surface area contributed by atoms with Gasteiger partial charge in [0.05, 0.1) is 5.56 Å². The SMILES string of the molecule is O=C1CN(c2ccc(Cl)cc2)C(=O)N1C(=O)c1ccc(F)cc1F. The number of urea groups is 1. The highest BCUT2D eigenvalue weighted by Gasteiger charge is 2.42. The molecular formula is C16H9ClF2N2O3. The summed E-state index contributed by atoms with van der Waals surface area (Å²) in [7, 11) is 0. The van der Waals surface area contributed by atoms with Crippen molar-refractivity contribution in [2.75, 3.05) is 11.4 Å². The third kappa shape index (κ3) is 2.74. The smallest absolute Gasteiger partial charge is 0.284 e. The summed E-state index contributed by atoms with van der Waals surface area (Å²) in [6, 6.07) is 7.44. The average Bonchev–Trinajstić information content (AvgIpc) is 2.82. The van der Waals surface area contributed by atoms with E-state index in [0.29, 0.717) is 21.7 Å². The summed E-state index contributed by atoms with van der Waals surface area (Å²) in [6.07, 6.45) is 0. The minimum absolute atomic E-state index is 0.338. The summed E-state index contributed by atoms with van der Waals surface area (Å²) in [5.74, 6) is -3.96. The van der Waals surface area contributed by atoms with Gasteiger partial charge in [0.15, 0.2) is 0 Å². The molecule has 1 saturated heterocycles. The lowest BCUT2D eigenvalue weighted by Gasteiger charge is -2.16. The summed E-state index contributed by atoms with van der Waals surface area (Å²) in [5.41, 5.74) is -0.191. The number of halogens is 3. The van der Waals surface area contributed by atoms with Gasteiger partial charge in [0.2, 0.25) is 0 Å². The lowest BCUT2D eigenvalue weighted by atomic mass is 10.2. The van der Waals surface area contributed by atoms with Crippen molar-refractivity contribution >= 4 is 35.1 Å². The van der Waals surface area contributed by atoms with Crippen molar-refractivity contribution in [3.05, 3.63) is 64.7 Å². The number of anilines is 1. The number of carbonyl (C=O) groups is 3. The lowest BCUT2D eigenvalue weighted by molar-refractivity contribution is -0.123. The maximum Gasteiger partial charge on any atom is 0.338 e. The largest absolute Gasteiger partial charge is 0.338 e. The molecule has 1 heterocycles. The Morgan fingerprint density at radius 3 is 2.33 bits per heavy atom. The fraction of sp³-hybridized carbons (Fsp3) is 0.0625. The van der Waals surface area contributed by atoms with Crippen molar-refractivity contribution < 1.29 is 23.2 Å². The lowest BCUT2D eigenvalue weighted by Crippen LogP contribution is -2.38. The van der Waals surface area contributed by atoms with Gasteiger partial charge in [-0.25, -0.2) is 13.6 Å². The number of rotatable bonds is 2. The van der Waals surface area contributed by atoms with Crippen LogP contribution in [0.15, 0.2) is 42.5 Å². The maximum absolute atomic E-state index is 13.7. The molecule has 0 unspecified atom stereocenters. The van der Waals surface area contributed by atoms with Crippen molar-refractivity contribution in [1.29, 1.82) is 0 Å². The highest BCUT2D eigenvalue weighted by atomic mass is 35.5. The molecule has 0 aromatic heterocycles. The standard InChI is InChI=1S/C16H9ClF2N2O3/c17-9-1-4-11(5-2-9)20-8-14(22)21(16(20)24)15(23)12-6-3-10(18)7-13(12)19/h1-7H,8H2. The summed E-state index contributed by atoms with van der Waals surface area (Å²) in [6.45, 7) is -0.366. The second-order valence-electron chi connectivity index (χ2n) is 5.00. The van der Waals surface area contributed by atoms with E-state index >= 15 is 0 Å². The van der Waals surface area contributed by atoms with Crippen LogP contribution >= 0.6 is 11.6 Å². The molecule has 0 radical (unpaired) electrons. The highest BCUT2D eigenvalue weighted by molar-refractivity contribution is 6.30. The Kier molecular flexibility index (Phi) is 4.02. The molecule has 2 aromatic carbocycles. The zero-order valence-corrected chi connectivity index (χ0v) is 12.8. The van der Waals surface area contributed by atoms with Crippen LogP contribution in [0.5, 0.6) is 0 Å². The van der Waals surface area contributed by atoms with Gasteiger partial charge in [-0.15, -0.1) is 0 Å². The van der Waals surface area contributed by atoms with E-state index in [1.54, 1.807) is 0 Å². The number of hydrogen-bond acceptors (Lipinski definition) is 3. The second kappa shape index (κ2) is 6.01. The Morgan fingerprint density at radius 1 is 1.04 bits per heavy atom. The maximum atomic E-state index is 13.7. The molecule has 8 heteroatoms. The van der Waals surface area contributed by atoms with E-state index in [2.05, 4.69) is 0 Å². The molecule has 122 valence electrons. The van der Waals surface area contributed by atoms with Crippen molar-refractivity contribution in [2.45, 2.75) is 0 Å². The zero-order chi connectivity index (χ0) is 17.4. The predicted octanol–water partition coefficient (Wildman–Crippen LogP) is 3.23. The van der Waals surface area contributed by atoms with Gasteiger partial charge in [-0.1, -0.05) is 11.6 Å². The van der Waals surface area contributed by atoms with Crippen LogP contribution in [0.4, 0.5) is 19.3 Å². The first-order valence-corrected chi connectivity index (χ1v) is 7.15. The van der Waals surface area contributed by atoms with Crippen LogP contribution < -0.4 is 4.90 Å². The normalized spacial score (nSPS) is 14.5. The Hall–Kier alpha value is -2.80. The first-order valence-electron chi connectivity index (χ1n) is 6.78. The fourth-order valence-electron chi connectivity index (χ4n) is 2.31. The van der Waals surface area contributed by atoms with Crippen LogP contribution in [0.3, 0.4) is 0 Å². The molecule has 1 aliphatic rings. The summed E-state index contributed by atoms with van der Waals surface area (Å²) >= 11 is 5.77. The monoisotopic (exact) mass is 350 g/mol. The van der Waals surface area contributed by atoms with E-state index in [0.717, 1.165) is 17.0 Å². The first kappa shape index (κ1) is 16.1. The van der Waals surface area contributed by atoms with Crippen LogP contribution in [0, 0.1) is 11.6 Å². The van der Waals surface area contributed by atoms with Crippen molar-refractivity contribution in [1.82, 2.24) is 4.90 Å². The third-order valence-corrected chi connectivity index (χ3v) is 3.72. The molecular weight excluding hydrogens is 342 g/mol.